The molecule has 0 spiro atoms. The van der Waals surface area contributed by atoms with Gasteiger partial charge in [-0.25, -0.2) is 0 Å². The second-order valence-electron chi connectivity index (χ2n) is 4.87. The first-order valence-corrected chi connectivity index (χ1v) is 7.15. The molecular weight excluding hydrogens is 316 g/mol. The highest BCUT2D eigenvalue weighted by atomic mass is 79.9. The predicted molar refractivity (Wildman–Crippen MR) is 85.6 cm³/mol. The van der Waals surface area contributed by atoms with E-state index in [0.29, 0.717) is 0 Å². The summed E-state index contributed by atoms with van der Waals surface area (Å²) in [6, 6.07) is 13.1. The topological polar surface area (TPSA) is 55.1 Å². The van der Waals surface area contributed by atoms with Crippen LogP contribution < -0.4 is 11.1 Å². The molecule has 1 amide bonds. The van der Waals surface area contributed by atoms with Gasteiger partial charge in [0.25, 0.3) is 0 Å². The lowest BCUT2D eigenvalue weighted by Crippen LogP contribution is -2.28. The monoisotopic (exact) mass is 332 g/mol. The highest BCUT2D eigenvalue weighted by Gasteiger charge is 2.20. The average Bonchev–Trinajstić information content (AvgIpc) is 2.39. The van der Waals surface area contributed by atoms with Crippen molar-refractivity contribution in [2.75, 3.05) is 5.32 Å². The Morgan fingerprint density at radius 2 is 1.70 bits per heavy atom. The van der Waals surface area contributed by atoms with Gasteiger partial charge in [0.15, 0.2) is 0 Å². The van der Waals surface area contributed by atoms with E-state index in [0.717, 1.165) is 21.3 Å². The van der Waals surface area contributed by atoms with Crippen molar-refractivity contribution in [3.8, 4) is 0 Å². The molecule has 0 aliphatic rings. The number of halogens is 1. The van der Waals surface area contributed by atoms with Crippen molar-refractivity contribution in [3.05, 3.63) is 63.6 Å². The Morgan fingerprint density at radius 1 is 1.10 bits per heavy atom. The number of aryl methyl sites for hydroxylation is 2. The first-order valence-electron chi connectivity index (χ1n) is 6.36. The van der Waals surface area contributed by atoms with Crippen LogP contribution in [0.5, 0.6) is 0 Å². The fraction of sp³-hybridized carbons (Fsp3) is 0.188. The van der Waals surface area contributed by atoms with Crippen LogP contribution in [0.2, 0.25) is 0 Å². The summed E-state index contributed by atoms with van der Waals surface area (Å²) < 4.78 is 0.876. The maximum Gasteiger partial charge on any atom is 0.244 e. The van der Waals surface area contributed by atoms with Gasteiger partial charge in [0, 0.05) is 10.2 Å². The Morgan fingerprint density at radius 3 is 2.25 bits per heavy atom. The van der Waals surface area contributed by atoms with Crippen LogP contribution >= 0.6 is 15.9 Å². The molecule has 0 aliphatic heterocycles. The number of primary amides is 1. The molecule has 4 heteroatoms. The van der Waals surface area contributed by atoms with Crippen molar-refractivity contribution in [1.29, 1.82) is 0 Å². The molecule has 0 saturated carbocycles. The van der Waals surface area contributed by atoms with Crippen LogP contribution in [-0.4, -0.2) is 5.91 Å². The minimum atomic E-state index is -0.562. The van der Waals surface area contributed by atoms with Gasteiger partial charge in [-0.2, -0.15) is 0 Å². The minimum absolute atomic E-state index is 0.407. The van der Waals surface area contributed by atoms with E-state index in [2.05, 4.69) is 21.2 Å². The summed E-state index contributed by atoms with van der Waals surface area (Å²) in [4.78, 5) is 11.7. The first-order chi connectivity index (χ1) is 9.47. The van der Waals surface area contributed by atoms with Crippen LogP contribution in [0.3, 0.4) is 0 Å². The maximum atomic E-state index is 11.7. The number of carbonyl (C=O) groups excluding carboxylic acids is 1. The lowest BCUT2D eigenvalue weighted by atomic mass is 10.0. The van der Waals surface area contributed by atoms with Crippen LogP contribution in [-0.2, 0) is 4.79 Å². The van der Waals surface area contributed by atoms with Gasteiger partial charge in [-0.1, -0.05) is 45.8 Å². The summed E-state index contributed by atoms with van der Waals surface area (Å²) in [7, 11) is 0. The zero-order valence-electron chi connectivity index (χ0n) is 11.5. The third kappa shape index (κ3) is 3.39. The fourth-order valence-corrected chi connectivity index (χ4v) is 2.71. The van der Waals surface area contributed by atoms with Gasteiger partial charge in [0.2, 0.25) is 5.91 Å². The van der Waals surface area contributed by atoms with E-state index in [1.165, 1.54) is 5.56 Å². The second-order valence-corrected chi connectivity index (χ2v) is 5.73. The standard InChI is InChI=1S/C16H17BrN2O/c1-10-3-6-12(7-4-10)19-15(16(18)20)13-8-5-11(2)9-14(13)17/h3-9,15,19H,1-2H3,(H2,18,20). The largest absolute Gasteiger partial charge is 0.370 e. The average molecular weight is 333 g/mol. The molecule has 0 saturated heterocycles. The van der Waals surface area contributed by atoms with Crippen LogP contribution in [0.25, 0.3) is 0 Å². The third-order valence-electron chi connectivity index (χ3n) is 3.11. The molecule has 2 rings (SSSR count). The quantitative estimate of drug-likeness (QED) is 0.896. The Kier molecular flexibility index (Phi) is 4.45. The van der Waals surface area contributed by atoms with Gasteiger partial charge in [0.1, 0.15) is 6.04 Å². The zero-order chi connectivity index (χ0) is 14.7. The van der Waals surface area contributed by atoms with E-state index in [1.807, 2.05) is 56.3 Å². The van der Waals surface area contributed by atoms with Crippen molar-refractivity contribution in [2.24, 2.45) is 5.73 Å². The summed E-state index contributed by atoms with van der Waals surface area (Å²) in [6.07, 6.45) is 0. The highest BCUT2D eigenvalue weighted by Crippen LogP contribution is 2.27. The summed E-state index contributed by atoms with van der Waals surface area (Å²) >= 11 is 3.49. The summed E-state index contributed by atoms with van der Waals surface area (Å²) in [5.41, 5.74) is 9.53. The van der Waals surface area contributed by atoms with Crippen LogP contribution in [0, 0.1) is 13.8 Å². The lowest BCUT2D eigenvalue weighted by molar-refractivity contribution is -0.118. The molecule has 1 unspecified atom stereocenters. The van der Waals surface area contributed by atoms with Crippen molar-refractivity contribution >= 4 is 27.5 Å². The molecule has 0 radical (unpaired) electrons. The number of carbonyl (C=O) groups is 1. The molecular formula is C16H17BrN2O. The highest BCUT2D eigenvalue weighted by molar-refractivity contribution is 9.10. The molecule has 2 aromatic rings. The number of rotatable bonds is 4. The third-order valence-corrected chi connectivity index (χ3v) is 3.80. The van der Waals surface area contributed by atoms with Gasteiger partial charge in [-0.3, -0.25) is 4.79 Å². The number of nitrogens with one attached hydrogen (secondary N) is 1. The van der Waals surface area contributed by atoms with E-state index in [9.17, 15) is 4.79 Å². The van der Waals surface area contributed by atoms with Crippen molar-refractivity contribution in [1.82, 2.24) is 0 Å². The van der Waals surface area contributed by atoms with Crippen molar-refractivity contribution in [3.63, 3.8) is 0 Å². The minimum Gasteiger partial charge on any atom is -0.370 e. The maximum absolute atomic E-state index is 11.7. The van der Waals surface area contributed by atoms with E-state index < -0.39 is 11.9 Å². The Balaban J connectivity index is 2.31. The molecule has 20 heavy (non-hydrogen) atoms. The fourth-order valence-electron chi connectivity index (χ4n) is 1.98. The van der Waals surface area contributed by atoms with Gasteiger partial charge >= 0.3 is 0 Å². The SMILES string of the molecule is Cc1ccc(NC(C(N)=O)c2ccc(C)cc2Br)cc1. The number of anilines is 1. The smallest absolute Gasteiger partial charge is 0.244 e. The predicted octanol–water partition coefficient (Wildman–Crippen LogP) is 3.70. The molecule has 104 valence electrons. The van der Waals surface area contributed by atoms with Gasteiger partial charge < -0.3 is 11.1 Å². The molecule has 0 aliphatic carbocycles. The molecule has 3 nitrogen and oxygen atoms in total. The van der Waals surface area contributed by atoms with E-state index >= 15 is 0 Å². The second kappa shape index (κ2) is 6.09. The molecule has 2 aromatic carbocycles. The van der Waals surface area contributed by atoms with Crippen LogP contribution in [0.15, 0.2) is 46.9 Å². The van der Waals surface area contributed by atoms with Crippen molar-refractivity contribution < 1.29 is 4.79 Å². The van der Waals surface area contributed by atoms with E-state index in [4.69, 9.17) is 5.73 Å². The summed E-state index contributed by atoms with van der Waals surface area (Å²) in [6.45, 7) is 4.02. The summed E-state index contributed by atoms with van der Waals surface area (Å²) in [5.74, 6) is -0.407. The lowest BCUT2D eigenvalue weighted by Gasteiger charge is -2.19. The Hall–Kier alpha value is -1.81. The number of nitrogens with two attached hydrogens (primary N) is 1. The van der Waals surface area contributed by atoms with Crippen LogP contribution in [0.1, 0.15) is 22.7 Å². The first kappa shape index (κ1) is 14.6. The Labute approximate surface area is 127 Å². The number of benzene rings is 2. The van der Waals surface area contributed by atoms with Crippen LogP contribution in [0.4, 0.5) is 5.69 Å². The number of hydrogen-bond acceptors (Lipinski definition) is 2. The molecule has 0 heterocycles. The summed E-state index contributed by atoms with van der Waals surface area (Å²) in [5, 5.41) is 3.18. The molecule has 0 aromatic heterocycles. The molecule has 3 N–H and O–H groups in total. The van der Waals surface area contributed by atoms with Crippen molar-refractivity contribution in [2.45, 2.75) is 19.9 Å². The molecule has 0 fully saturated rings. The normalized spacial score (nSPS) is 11.9. The number of amides is 1. The molecule has 1 atom stereocenters. The zero-order valence-corrected chi connectivity index (χ0v) is 13.1. The van der Waals surface area contributed by atoms with Gasteiger partial charge in [-0.15, -0.1) is 0 Å². The van der Waals surface area contributed by atoms with E-state index in [-0.39, 0.29) is 0 Å². The van der Waals surface area contributed by atoms with Gasteiger partial charge in [0.05, 0.1) is 0 Å². The molecule has 0 bridgehead atoms. The Bertz CT molecular complexity index is 623. The van der Waals surface area contributed by atoms with E-state index in [1.54, 1.807) is 0 Å². The number of hydrogen-bond donors (Lipinski definition) is 2. The van der Waals surface area contributed by atoms with Gasteiger partial charge in [-0.05, 0) is 43.2 Å².